The third-order valence-corrected chi connectivity index (χ3v) is 25.5. The molecule has 0 amide bonds. The predicted octanol–water partition coefficient (Wildman–Crippen LogP) is 16.7. The number of nitriles is 1. The number of furan rings is 1. The van der Waals surface area contributed by atoms with Crippen molar-refractivity contribution >= 4 is 148 Å². The van der Waals surface area contributed by atoms with Crippen molar-refractivity contribution in [1.29, 1.82) is 5.26 Å². The Morgan fingerprint density at radius 1 is 0.405 bits per heavy atom. The number of benzene rings is 9. The molecule has 23 nitrogen and oxygen atoms in total. The monoisotopic (exact) mass is 1650 g/mol. The molecule has 26 heteroatoms. The number of aryl methyl sites for hydroxylation is 10. The molecule has 5 saturated heterocycles. The van der Waals surface area contributed by atoms with E-state index in [1.807, 2.05) is 208 Å². The fourth-order valence-electron chi connectivity index (χ4n) is 17.2. The summed E-state index contributed by atoms with van der Waals surface area (Å²) in [5.41, 5.74) is 10.4. The van der Waals surface area contributed by atoms with Gasteiger partial charge in [-0.15, -0.1) is 11.3 Å². The van der Waals surface area contributed by atoms with Crippen LogP contribution in [0.3, 0.4) is 0 Å². The minimum Gasteiger partial charge on any atom is -0.464 e. The summed E-state index contributed by atoms with van der Waals surface area (Å²) in [5.74, 6) is -0.0860. The summed E-state index contributed by atoms with van der Waals surface area (Å²) in [6.45, 7) is 21.8. The lowest BCUT2D eigenvalue weighted by Crippen LogP contribution is -2.48. The number of nitrogens with zero attached hydrogens (tertiary/aromatic N) is 12. The number of carbonyl (C=O) groups is 5. The van der Waals surface area contributed by atoms with Crippen LogP contribution < -0.4 is 24.5 Å². The van der Waals surface area contributed by atoms with E-state index in [2.05, 4.69) is 37.1 Å². The molecule has 0 saturated carbocycles. The maximum absolute atomic E-state index is 13.9. The van der Waals surface area contributed by atoms with Crippen molar-refractivity contribution in [2.75, 3.05) is 57.2 Å². The molecule has 12 heterocycles. The summed E-state index contributed by atoms with van der Waals surface area (Å²) in [5, 5.41) is 67.7. The number of aromatic nitrogens is 1. The van der Waals surface area contributed by atoms with Crippen molar-refractivity contribution < 1.29 is 58.3 Å². The predicted molar refractivity (Wildman–Crippen MR) is 469 cm³/mol. The van der Waals surface area contributed by atoms with Crippen molar-refractivity contribution in [2.24, 2.45) is 25.0 Å². The van der Waals surface area contributed by atoms with Crippen LogP contribution in [0.25, 0.3) is 11.0 Å². The van der Waals surface area contributed by atoms with E-state index in [0.29, 0.717) is 149 Å². The summed E-state index contributed by atoms with van der Waals surface area (Å²) >= 11 is 7.60. The minimum atomic E-state index is -1.73. The van der Waals surface area contributed by atoms with E-state index in [0.717, 1.165) is 88.2 Å². The number of aliphatic imine (C=N–C) groups is 5. The molecule has 10 aliphatic heterocycles. The van der Waals surface area contributed by atoms with Crippen molar-refractivity contribution in [1.82, 2.24) is 4.98 Å². The first-order valence-corrected chi connectivity index (χ1v) is 41.1. The average molecular weight is 1660 g/mol. The SMILES string of the molecule is Cc1cc2c(cc1C)C(=O)[C@]1(O)CCN(c3ccc(C#N)c(C)c3)C1=N2.Cc1cc2c(cc1F)C(=O)[C@]1(O)CCN(c3ccc4ccoc4c3)C1=N2.Cc1ccc2c(c1)C(=O)[C@]1(O)CCN(c3cccc(Cl)c3)C1=N2.Cc1ccc2c(c1)C(=O)[C@]1(O)CCN(c3cnc(C)s3)C1=N2.Cc1cccc(N2CC[C@@]3(O)C(=O)c4cc(C)c(C)cc4N=C23)c1. The quantitative estimate of drug-likeness (QED) is 0.107. The number of hydrogen-bond donors (Lipinski definition) is 5. The topological polar surface area (TPSA) is 314 Å². The maximum Gasteiger partial charge on any atom is 0.204 e. The highest BCUT2D eigenvalue weighted by Gasteiger charge is 2.58. The van der Waals surface area contributed by atoms with E-state index in [1.54, 1.807) is 49.7 Å². The fourth-order valence-corrected chi connectivity index (χ4v) is 18.2. The standard InChI is InChI=1S/C21H19N3O2.C20H15FN2O3.C20H20N2O2.C18H15ClN2O2.C16H15N3O2S/c1-12-9-17-18(10-13(12)2)23-20-21(26,19(17)25)6-7-24(20)16-5-4-15(11-22)14(3)8-16;1-11-8-16-14(10-15(11)21)18(24)20(25)5-6-23(19(20)22-16)13-3-2-12-4-7-26-17(12)9-13;1-12-5-4-6-15(9-12)22-8-7-20(24)18(23)16-10-13(2)14(3)11-17(16)21-19(20)22;1-11-5-6-15-14(9-11)16(22)18(23)7-8-21(17(18)20-15)13-4-2-3-12(19)10-13;1-9-3-4-12-11(7-9)14(20)16(21)5-6-19(15(16)18-12)13-8-17-10(2)22-13/h4-5,8-10,26H,6-7H2,1-3H3;2-4,7-10,25H,5-6H2,1H3;4-6,9-11,24H,7-8H2,1-3H3;2-6,9-10,23H,7-8H2,1H3;3-4,7-8,21H,5-6H2,1-2H3/t21-;2*20-;18-;16-/m11111/s1. The number of anilines is 5. The largest absolute Gasteiger partial charge is 0.464 e. The highest BCUT2D eigenvalue weighted by molar-refractivity contribution is 7.15. The van der Waals surface area contributed by atoms with Gasteiger partial charge >= 0.3 is 0 Å². The van der Waals surface area contributed by atoms with E-state index < -0.39 is 39.6 Å². The van der Waals surface area contributed by atoms with Gasteiger partial charge in [0.15, 0.2) is 33.8 Å². The number of rotatable bonds is 5. The summed E-state index contributed by atoms with van der Waals surface area (Å²) < 4.78 is 19.4. The molecule has 0 unspecified atom stereocenters. The van der Waals surface area contributed by atoms with Crippen molar-refractivity contribution in [3.63, 3.8) is 0 Å². The minimum absolute atomic E-state index is 0.127. The smallest absolute Gasteiger partial charge is 0.204 e. The number of aliphatic hydroxyl groups is 5. The Hall–Kier alpha value is -12.6. The highest BCUT2D eigenvalue weighted by Crippen LogP contribution is 2.48. The second-order valence-electron chi connectivity index (χ2n) is 32.5. The molecule has 0 spiro atoms. The van der Waals surface area contributed by atoms with Crippen LogP contribution in [0, 0.1) is 86.4 Å². The Bertz CT molecular complexity index is 6540. The lowest BCUT2D eigenvalue weighted by atomic mass is 9.86. The van der Waals surface area contributed by atoms with Gasteiger partial charge in [-0.05, 0) is 236 Å². The van der Waals surface area contributed by atoms with Crippen molar-refractivity contribution in [2.45, 2.75) is 129 Å². The molecule has 5 N–H and O–H groups in total. The molecule has 21 rings (SSSR count). The Balaban J connectivity index is 0.000000108. The zero-order valence-corrected chi connectivity index (χ0v) is 69.6. The molecule has 0 bridgehead atoms. The van der Waals surface area contributed by atoms with Crippen LogP contribution in [0.1, 0.15) is 145 Å². The van der Waals surface area contributed by atoms with Crippen molar-refractivity contribution in [3.05, 3.63) is 276 Å². The summed E-state index contributed by atoms with van der Waals surface area (Å²) in [6.07, 6.45) is 4.93. The summed E-state index contributed by atoms with van der Waals surface area (Å²) in [4.78, 5) is 101. The summed E-state index contributed by atoms with van der Waals surface area (Å²) in [6, 6.07) is 51.9. The van der Waals surface area contributed by atoms with Gasteiger partial charge in [-0.2, -0.15) is 5.26 Å². The fraction of sp³-hybridized carbons (Fsp3) is 0.263. The molecule has 610 valence electrons. The van der Waals surface area contributed by atoms with Gasteiger partial charge in [0.1, 0.15) is 39.7 Å². The number of thiazole rings is 1. The maximum atomic E-state index is 13.9. The molecular formula is C95H84ClFN12O11S. The lowest BCUT2D eigenvalue weighted by molar-refractivity contribution is 0.0599. The molecule has 121 heavy (non-hydrogen) atoms. The third kappa shape index (κ3) is 13.8. The normalized spacial score (nSPS) is 22.2. The molecule has 0 aliphatic carbocycles. The van der Waals surface area contributed by atoms with Crippen LogP contribution in [0.5, 0.6) is 0 Å². The number of hydrogen-bond acceptors (Lipinski definition) is 24. The molecule has 10 aliphatic rings. The van der Waals surface area contributed by atoms with Gasteiger partial charge in [-0.25, -0.2) is 34.3 Å². The second kappa shape index (κ2) is 30.3. The number of ketones is 5. The number of amidine groups is 5. The van der Waals surface area contributed by atoms with Gasteiger partial charge in [0.2, 0.25) is 28.9 Å². The van der Waals surface area contributed by atoms with Crippen LogP contribution in [0.15, 0.2) is 206 Å². The van der Waals surface area contributed by atoms with Crippen LogP contribution in [-0.4, -0.2) is 149 Å². The Labute approximate surface area is 705 Å². The first-order chi connectivity index (χ1) is 57.7. The first kappa shape index (κ1) is 80.8. The van der Waals surface area contributed by atoms with Crippen LogP contribution in [-0.2, 0) is 0 Å². The van der Waals surface area contributed by atoms with Gasteiger partial charge in [-0.1, -0.05) is 53.1 Å². The zero-order valence-electron chi connectivity index (χ0n) is 68.0. The number of carbonyl (C=O) groups excluding carboxylic acids is 5. The first-order valence-electron chi connectivity index (χ1n) is 39.9. The Kier molecular flexibility index (Phi) is 20.2. The Morgan fingerprint density at radius 2 is 0.793 bits per heavy atom. The third-order valence-electron chi connectivity index (χ3n) is 24.4. The van der Waals surface area contributed by atoms with E-state index in [1.165, 1.54) is 17.4 Å². The van der Waals surface area contributed by atoms with E-state index in [4.69, 9.17) is 26.3 Å². The number of Topliss-reactive ketones (excluding diaryl/α,β-unsaturated/α-hetero) is 5. The van der Waals surface area contributed by atoms with Gasteiger partial charge in [0.25, 0.3) is 0 Å². The molecule has 0 radical (unpaired) electrons. The van der Waals surface area contributed by atoms with Gasteiger partial charge < -0.3 is 54.4 Å². The van der Waals surface area contributed by atoms with E-state index in [9.17, 15) is 53.9 Å². The molecule has 5 atom stereocenters. The lowest BCUT2D eigenvalue weighted by Gasteiger charge is -2.30. The van der Waals surface area contributed by atoms with Crippen molar-refractivity contribution in [3.8, 4) is 6.07 Å². The number of halogens is 2. The van der Waals surface area contributed by atoms with Gasteiger partial charge in [0, 0.05) is 132 Å². The molecule has 9 aromatic carbocycles. The molecule has 11 aromatic rings. The Morgan fingerprint density at radius 3 is 1.24 bits per heavy atom. The highest BCUT2D eigenvalue weighted by atomic mass is 35.5. The summed E-state index contributed by atoms with van der Waals surface area (Å²) in [7, 11) is 0. The van der Waals surface area contributed by atoms with Crippen LogP contribution >= 0.6 is 22.9 Å². The average Bonchev–Trinajstić information content (AvgIpc) is 1.64. The molecular weight excluding hydrogens is 1570 g/mol. The van der Waals surface area contributed by atoms with Crippen LogP contribution in [0.2, 0.25) is 5.02 Å². The molecule has 5 fully saturated rings. The van der Waals surface area contributed by atoms with E-state index in [-0.39, 0.29) is 41.0 Å². The van der Waals surface area contributed by atoms with E-state index >= 15 is 0 Å². The van der Waals surface area contributed by atoms with Crippen LogP contribution in [0.4, 0.5) is 60.6 Å². The molecule has 2 aromatic heterocycles. The number of fused-ring (bicyclic) bond motifs is 11. The van der Waals surface area contributed by atoms with Gasteiger partial charge in [0.05, 0.1) is 57.5 Å². The zero-order chi connectivity index (χ0) is 85.4. The van der Waals surface area contributed by atoms with Gasteiger partial charge in [-0.3, -0.25) is 24.0 Å². The second-order valence-corrected chi connectivity index (χ2v) is 34.1.